The Labute approximate surface area is 167 Å². The molecule has 5 atom stereocenters. The van der Waals surface area contributed by atoms with E-state index in [0.29, 0.717) is 5.56 Å². The fourth-order valence-electron chi connectivity index (χ4n) is 2.75. The van der Waals surface area contributed by atoms with Crippen LogP contribution in [-0.4, -0.2) is 84.5 Å². The van der Waals surface area contributed by atoms with Crippen molar-refractivity contribution in [1.29, 1.82) is 0 Å². The molecule has 0 radical (unpaired) electrons. The van der Waals surface area contributed by atoms with E-state index in [1.165, 1.54) is 26.4 Å². The number of benzene rings is 1. The average Bonchev–Trinajstić information content (AvgIpc) is 2.72. The van der Waals surface area contributed by atoms with Crippen LogP contribution in [0.5, 0.6) is 17.2 Å². The Bertz CT molecular complexity index is 692. The molecule has 1 saturated heterocycles. The molecule has 1 aliphatic rings. The van der Waals surface area contributed by atoms with Crippen molar-refractivity contribution < 1.29 is 48.9 Å². The summed E-state index contributed by atoms with van der Waals surface area (Å²) in [6.07, 6.45) is -4.47. The number of rotatable bonds is 8. The van der Waals surface area contributed by atoms with Crippen molar-refractivity contribution in [3.63, 3.8) is 0 Å². The predicted octanol–water partition coefficient (Wildman–Crippen LogP) is -0.541. The van der Waals surface area contributed by atoms with Crippen LogP contribution in [0.4, 0.5) is 0 Å². The van der Waals surface area contributed by atoms with Gasteiger partial charge in [0.15, 0.2) is 11.5 Å². The molecule has 0 aliphatic carbocycles. The summed E-state index contributed by atoms with van der Waals surface area (Å²) in [5.41, 5.74) is 0.549. The molecule has 0 unspecified atom stereocenters. The molecular weight excluding hydrogens is 388 g/mol. The van der Waals surface area contributed by atoms with Gasteiger partial charge in [-0.2, -0.15) is 0 Å². The molecule has 4 N–H and O–H groups in total. The molecule has 1 fully saturated rings. The molecule has 2 rings (SSSR count). The maximum Gasteiger partial charge on any atom is 0.330 e. The van der Waals surface area contributed by atoms with Crippen LogP contribution in [0.15, 0.2) is 18.2 Å². The van der Waals surface area contributed by atoms with Gasteiger partial charge in [0.2, 0.25) is 12.0 Å². The highest BCUT2D eigenvalue weighted by atomic mass is 16.7. The summed E-state index contributed by atoms with van der Waals surface area (Å²) in [6, 6.07) is 3.11. The van der Waals surface area contributed by atoms with Gasteiger partial charge >= 0.3 is 5.97 Å². The predicted molar refractivity (Wildman–Crippen MR) is 99.6 cm³/mol. The topological polar surface area (TPSA) is 144 Å². The second-order valence-electron chi connectivity index (χ2n) is 6.16. The number of methoxy groups -OCH3 is 2. The second kappa shape index (κ2) is 10.4. The summed E-state index contributed by atoms with van der Waals surface area (Å²) in [7, 11) is 2.77. The molecule has 0 bridgehead atoms. The second-order valence-corrected chi connectivity index (χ2v) is 6.16. The fourth-order valence-corrected chi connectivity index (χ4v) is 2.75. The molecule has 162 valence electrons. The molecular formula is C19H26O10. The molecule has 1 aliphatic heterocycles. The SMILES string of the molecule is CCOC(=O)C=Cc1cc(OC)c(O[C@@H]2O[C@H](CO)[C@H](O)[C@H](O)[C@H]2O)c(OC)c1. The highest BCUT2D eigenvalue weighted by molar-refractivity contribution is 5.87. The maximum absolute atomic E-state index is 11.5. The maximum atomic E-state index is 11.5. The quantitative estimate of drug-likeness (QED) is 0.323. The molecule has 0 amide bonds. The summed E-state index contributed by atoms with van der Waals surface area (Å²) >= 11 is 0. The van der Waals surface area contributed by atoms with Gasteiger partial charge < -0.3 is 44.1 Å². The number of carbonyl (C=O) groups excluding carboxylic acids is 1. The van der Waals surface area contributed by atoms with Crippen LogP contribution in [0.1, 0.15) is 12.5 Å². The van der Waals surface area contributed by atoms with Crippen LogP contribution >= 0.6 is 0 Å². The van der Waals surface area contributed by atoms with Crippen molar-refractivity contribution >= 4 is 12.0 Å². The lowest BCUT2D eigenvalue weighted by Gasteiger charge is -2.39. The Morgan fingerprint density at radius 3 is 2.24 bits per heavy atom. The van der Waals surface area contributed by atoms with Gasteiger partial charge in [0, 0.05) is 6.08 Å². The standard InChI is InChI=1S/C19H26O10/c1-4-27-14(21)6-5-10-7-11(25-2)18(12(8-10)26-3)29-19-17(24)16(23)15(22)13(9-20)28-19/h5-8,13,15-17,19-20,22-24H,4,9H2,1-3H3/t13-,15+,16+,17-,19+/m1/s1. The number of hydrogen-bond donors (Lipinski definition) is 4. The average molecular weight is 414 g/mol. The van der Waals surface area contributed by atoms with Gasteiger partial charge in [0.05, 0.1) is 27.4 Å². The first-order valence-electron chi connectivity index (χ1n) is 8.94. The van der Waals surface area contributed by atoms with Crippen LogP contribution in [0, 0.1) is 0 Å². The van der Waals surface area contributed by atoms with Crippen LogP contribution in [0.2, 0.25) is 0 Å². The van der Waals surface area contributed by atoms with Gasteiger partial charge in [-0.15, -0.1) is 0 Å². The first-order valence-corrected chi connectivity index (χ1v) is 8.94. The lowest BCUT2D eigenvalue weighted by Crippen LogP contribution is -2.60. The molecule has 1 heterocycles. The van der Waals surface area contributed by atoms with Crippen LogP contribution in [-0.2, 0) is 14.3 Å². The number of aliphatic hydroxyl groups excluding tert-OH is 4. The smallest absolute Gasteiger partial charge is 0.330 e. The van der Waals surface area contributed by atoms with Gasteiger partial charge in [-0.1, -0.05) is 0 Å². The largest absolute Gasteiger partial charge is 0.493 e. The molecule has 1 aromatic rings. The van der Waals surface area contributed by atoms with Crippen molar-refractivity contribution in [2.45, 2.75) is 37.6 Å². The minimum Gasteiger partial charge on any atom is -0.493 e. The molecule has 10 nitrogen and oxygen atoms in total. The number of aliphatic hydroxyl groups is 4. The number of hydrogen-bond acceptors (Lipinski definition) is 10. The van der Waals surface area contributed by atoms with E-state index in [1.807, 2.05) is 0 Å². The van der Waals surface area contributed by atoms with Crippen molar-refractivity contribution in [2.24, 2.45) is 0 Å². The Kier molecular flexibility index (Phi) is 8.23. The number of carbonyl (C=O) groups is 1. The van der Waals surface area contributed by atoms with E-state index in [4.69, 9.17) is 23.7 Å². The summed E-state index contributed by atoms with van der Waals surface area (Å²) in [5.74, 6) is -0.0469. The third-order valence-corrected chi connectivity index (χ3v) is 4.26. The zero-order valence-electron chi connectivity index (χ0n) is 16.3. The van der Waals surface area contributed by atoms with E-state index in [9.17, 15) is 25.2 Å². The van der Waals surface area contributed by atoms with E-state index in [0.717, 1.165) is 0 Å². The third kappa shape index (κ3) is 5.37. The van der Waals surface area contributed by atoms with Crippen LogP contribution in [0.25, 0.3) is 6.08 Å². The lowest BCUT2D eigenvalue weighted by atomic mass is 9.99. The third-order valence-electron chi connectivity index (χ3n) is 4.26. The summed E-state index contributed by atoms with van der Waals surface area (Å²) < 4.78 is 26.5. The Morgan fingerprint density at radius 1 is 1.10 bits per heavy atom. The highest BCUT2D eigenvalue weighted by Gasteiger charge is 2.45. The van der Waals surface area contributed by atoms with Crippen molar-refractivity contribution in [3.05, 3.63) is 23.8 Å². The zero-order valence-corrected chi connectivity index (χ0v) is 16.3. The Morgan fingerprint density at radius 2 is 1.72 bits per heavy atom. The van der Waals surface area contributed by atoms with Gasteiger partial charge in [-0.05, 0) is 30.7 Å². The highest BCUT2D eigenvalue weighted by Crippen LogP contribution is 2.40. The molecule has 0 aromatic heterocycles. The molecule has 0 spiro atoms. The lowest BCUT2D eigenvalue weighted by molar-refractivity contribution is -0.277. The van der Waals surface area contributed by atoms with Crippen molar-refractivity contribution in [1.82, 2.24) is 0 Å². The first-order chi connectivity index (χ1) is 13.9. The van der Waals surface area contributed by atoms with Crippen molar-refractivity contribution in [3.8, 4) is 17.2 Å². The number of ether oxygens (including phenoxy) is 5. The molecule has 10 heteroatoms. The van der Waals surface area contributed by atoms with Gasteiger partial charge in [-0.3, -0.25) is 0 Å². The van der Waals surface area contributed by atoms with E-state index in [-0.39, 0.29) is 23.9 Å². The van der Waals surface area contributed by atoms with E-state index in [1.54, 1.807) is 19.1 Å². The monoisotopic (exact) mass is 414 g/mol. The van der Waals surface area contributed by atoms with Gasteiger partial charge in [0.1, 0.15) is 24.4 Å². The van der Waals surface area contributed by atoms with Gasteiger partial charge in [0.25, 0.3) is 0 Å². The molecule has 1 aromatic carbocycles. The summed E-state index contributed by atoms with van der Waals surface area (Å²) in [5, 5.41) is 39.3. The normalized spacial score (nSPS) is 26.9. The Balaban J connectivity index is 2.31. The van der Waals surface area contributed by atoms with Crippen LogP contribution in [0.3, 0.4) is 0 Å². The first kappa shape index (κ1) is 22.9. The van der Waals surface area contributed by atoms with E-state index < -0.39 is 43.3 Å². The zero-order chi connectivity index (χ0) is 21.6. The number of esters is 1. The van der Waals surface area contributed by atoms with E-state index >= 15 is 0 Å². The Hall–Kier alpha value is -2.37. The fraction of sp³-hybridized carbons (Fsp3) is 0.526. The summed E-state index contributed by atoms with van der Waals surface area (Å²) in [6.45, 7) is 1.36. The van der Waals surface area contributed by atoms with E-state index in [2.05, 4.69) is 0 Å². The molecule has 29 heavy (non-hydrogen) atoms. The minimum atomic E-state index is -1.59. The summed E-state index contributed by atoms with van der Waals surface area (Å²) in [4.78, 5) is 11.5. The van der Waals surface area contributed by atoms with Crippen molar-refractivity contribution in [2.75, 3.05) is 27.4 Å². The minimum absolute atomic E-state index is 0.0626. The molecule has 0 saturated carbocycles. The van der Waals surface area contributed by atoms with Crippen LogP contribution < -0.4 is 14.2 Å². The van der Waals surface area contributed by atoms with Gasteiger partial charge in [-0.25, -0.2) is 4.79 Å².